The molecule has 0 fully saturated rings. The van der Waals surface area contributed by atoms with E-state index in [1.807, 2.05) is 0 Å². The van der Waals surface area contributed by atoms with E-state index >= 15 is 0 Å². The molecule has 0 aliphatic rings. The molecule has 0 saturated heterocycles. The van der Waals surface area contributed by atoms with E-state index in [4.69, 9.17) is 0 Å². The van der Waals surface area contributed by atoms with Crippen LogP contribution in [0.3, 0.4) is 0 Å². The lowest BCUT2D eigenvalue weighted by Gasteiger charge is -2.19. The Kier molecular flexibility index (Phi) is 4.15. The Morgan fingerprint density at radius 2 is 1.82 bits per heavy atom. The molecular weight excluding hydrogens is 256 g/mol. The maximum atomic E-state index is 13.3. The Labute approximate surface area is 97.1 Å². The quantitative estimate of drug-likeness (QED) is 0.836. The minimum absolute atomic E-state index is 0.663. The average Bonchev–Trinajstić information content (AvgIpc) is 2.14. The molecule has 1 aromatic carbocycles. The van der Waals surface area contributed by atoms with Gasteiger partial charge in [-0.15, -0.1) is 0 Å². The van der Waals surface area contributed by atoms with E-state index in [1.165, 1.54) is 0 Å². The molecule has 17 heavy (non-hydrogen) atoms. The summed E-state index contributed by atoms with van der Waals surface area (Å²) in [6.45, 7) is 1.13. The lowest BCUT2D eigenvalue weighted by molar-refractivity contribution is 0.0456. The number of hydrogen-bond acceptors (Lipinski definition) is 4. The van der Waals surface area contributed by atoms with Crippen LogP contribution in [0.15, 0.2) is 18.2 Å². The Morgan fingerprint density at radius 3 is 2.24 bits per heavy atom. The van der Waals surface area contributed by atoms with Crippen molar-refractivity contribution in [3.05, 3.63) is 35.4 Å². The van der Waals surface area contributed by atoms with Crippen LogP contribution in [0.5, 0.6) is 0 Å². The van der Waals surface area contributed by atoms with E-state index in [0.717, 1.165) is 25.1 Å². The summed E-state index contributed by atoms with van der Waals surface area (Å²) in [4.78, 5) is 0. The van der Waals surface area contributed by atoms with E-state index in [2.05, 4.69) is 9.32 Å². The zero-order valence-electron chi connectivity index (χ0n) is 8.80. The molecule has 1 aromatic rings. The van der Waals surface area contributed by atoms with Crippen LogP contribution in [0.2, 0.25) is 0 Å². The van der Waals surface area contributed by atoms with Crippen molar-refractivity contribution < 1.29 is 26.5 Å². The van der Waals surface area contributed by atoms with Crippen molar-refractivity contribution in [1.82, 2.24) is 0 Å². The summed E-state index contributed by atoms with van der Waals surface area (Å²) in [5.41, 5.74) is -0.663. The van der Waals surface area contributed by atoms with E-state index in [-0.39, 0.29) is 0 Å². The van der Waals surface area contributed by atoms with Gasteiger partial charge in [0.1, 0.15) is 23.8 Å². The van der Waals surface area contributed by atoms with E-state index in [1.54, 1.807) is 0 Å². The normalized spacial score (nSPS) is 15.6. The van der Waals surface area contributed by atoms with Gasteiger partial charge in [0, 0.05) is 0 Å². The van der Waals surface area contributed by atoms with Gasteiger partial charge in [-0.1, -0.05) is 6.07 Å². The molecule has 0 saturated carbocycles. The minimum Gasteiger partial charge on any atom is -0.385 e. The number of halogens is 2. The lowest BCUT2D eigenvalue weighted by atomic mass is 10.0. The smallest absolute Gasteiger partial charge is 0.333 e. The number of benzene rings is 1. The molecule has 0 amide bonds. The summed E-state index contributed by atoms with van der Waals surface area (Å²) in [5, 5.41) is 14.2. The highest BCUT2D eigenvalue weighted by molar-refractivity contribution is 7.84. The predicted octanol–water partition coefficient (Wildman–Crippen LogP) is 0.607. The highest BCUT2D eigenvalue weighted by Crippen LogP contribution is 2.25. The van der Waals surface area contributed by atoms with E-state index in [0.29, 0.717) is 0 Å². The Balaban J connectivity index is 3.00. The molecule has 1 rings (SSSR count). The first kappa shape index (κ1) is 14.0. The highest BCUT2D eigenvalue weighted by atomic mass is 32.2. The first-order valence-corrected chi connectivity index (χ1v) is 6.02. The molecule has 0 bridgehead atoms. The second-order valence-electron chi connectivity index (χ2n) is 3.37. The second-order valence-corrected chi connectivity index (χ2v) is 4.55. The highest BCUT2D eigenvalue weighted by Gasteiger charge is 2.26. The summed E-state index contributed by atoms with van der Waals surface area (Å²) >= 11 is 0. The molecule has 5 nitrogen and oxygen atoms in total. The summed E-state index contributed by atoms with van der Waals surface area (Å²) in [6.07, 6.45) is -3.19. The summed E-state index contributed by atoms with van der Waals surface area (Å²) in [7, 11) is -4.31. The molecule has 8 heteroatoms. The fraction of sp³-hybridized carbons (Fsp3) is 0.333. The summed E-state index contributed by atoms with van der Waals surface area (Å²) in [5.74, 6) is -2.00. The van der Waals surface area contributed by atoms with Gasteiger partial charge in [0.15, 0.2) is 0 Å². The van der Waals surface area contributed by atoms with Crippen LogP contribution >= 0.6 is 0 Å². The van der Waals surface area contributed by atoms with Crippen LogP contribution in [0, 0.1) is 11.6 Å². The SMILES string of the molecule is C[C@H](OS(N)(=O)=O)[C@@H](O)c1c(F)cccc1F. The zero-order valence-corrected chi connectivity index (χ0v) is 9.62. The number of hydrogen-bond donors (Lipinski definition) is 2. The third kappa shape index (κ3) is 3.70. The summed E-state index contributed by atoms with van der Waals surface area (Å²) < 4.78 is 52.0. The average molecular weight is 267 g/mol. The molecule has 0 spiro atoms. The first-order chi connectivity index (χ1) is 7.72. The molecule has 3 N–H and O–H groups in total. The van der Waals surface area contributed by atoms with Gasteiger partial charge >= 0.3 is 10.3 Å². The topological polar surface area (TPSA) is 89.6 Å². The van der Waals surface area contributed by atoms with Crippen LogP contribution in [0.1, 0.15) is 18.6 Å². The Hall–Kier alpha value is -1.09. The third-order valence-electron chi connectivity index (χ3n) is 2.03. The minimum atomic E-state index is -4.31. The molecule has 96 valence electrons. The Bertz CT molecular complexity index is 485. The molecule has 0 unspecified atom stereocenters. The van der Waals surface area contributed by atoms with Crippen LogP contribution in [0.25, 0.3) is 0 Å². The van der Waals surface area contributed by atoms with E-state index in [9.17, 15) is 22.3 Å². The van der Waals surface area contributed by atoms with Gasteiger partial charge in [0.2, 0.25) is 0 Å². The lowest BCUT2D eigenvalue weighted by Crippen LogP contribution is -2.27. The monoisotopic (exact) mass is 267 g/mol. The maximum absolute atomic E-state index is 13.3. The van der Waals surface area contributed by atoms with Crippen LogP contribution in [-0.4, -0.2) is 19.6 Å². The van der Waals surface area contributed by atoms with Crippen molar-refractivity contribution in [2.24, 2.45) is 5.14 Å². The van der Waals surface area contributed by atoms with Crippen molar-refractivity contribution in [3.8, 4) is 0 Å². The number of aliphatic hydroxyl groups excluding tert-OH is 1. The third-order valence-corrected chi connectivity index (χ3v) is 2.60. The van der Waals surface area contributed by atoms with Crippen LogP contribution in [0.4, 0.5) is 8.78 Å². The number of rotatable bonds is 4. The van der Waals surface area contributed by atoms with E-state index < -0.39 is 39.7 Å². The van der Waals surface area contributed by atoms with Gasteiger partial charge in [-0.25, -0.2) is 13.9 Å². The molecule has 0 aliphatic carbocycles. The van der Waals surface area contributed by atoms with Gasteiger partial charge in [-0.2, -0.15) is 8.42 Å². The molecular formula is C9H11F2NO4S. The number of aliphatic hydroxyl groups is 1. The number of nitrogens with two attached hydrogens (primary N) is 1. The van der Waals surface area contributed by atoms with Crippen molar-refractivity contribution in [2.45, 2.75) is 19.1 Å². The molecule has 0 aliphatic heterocycles. The molecule has 0 radical (unpaired) electrons. The first-order valence-electron chi connectivity index (χ1n) is 4.55. The fourth-order valence-corrected chi connectivity index (χ4v) is 1.82. The van der Waals surface area contributed by atoms with Crippen molar-refractivity contribution in [1.29, 1.82) is 0 Å². The van der Waals surface area contributed by atoms with Gasteiger partial charge in [-0.3, -0.25) is 4.18 Å². The fourth-order valence-electron chi connectivity index (χ4n) is 1.29. The zero-order chi connectivity index (χ0) is 13.2. The predicted molar refractivity (Wildman–Crippen MR) is 55.0 cm³/mol. The van der Waals surface area contributed by atoms with Crippen LogP contribution < -0.4 is 5.14 Å². The standard InChI is InChI=1S/C9H11F2NO4S/c1-5(16-17(12,14)15)9(13)8-6(10)3-2-4-7(8)11/h2-5,9,13H,1H3,(H2,12,14,15)/t5-,9+/m0/s1. The largest absolute Gasteiger partial charge is 0.385 e. The second kappa shape index (κ2) is 5.05. The molecule has 0 aromatic heterocycles. The van der Waals surface area contributed by atoms with Crippen molar-refractivity contribution in [2.75, 3.05) is 0 Å². The molecule has 2 atom stereocenters. The van der Waals surface area contributed by atoms with Crippen LogP contribution in [-0.2, 0) is 14.5 Å². The van der Waals surface area contributed by atoms with Gasteiger partial charge in [-0.05, 0) is 19.1 Å². The van der Waals surface area contributed by atoms with Gasteiger partial charge in [0.25, 0.3) is 0 Å². The maximum Gasteiger partial charge on any atom is 0.333 e. The summed E-state index contributed by atoms with van der Waals surface area (Å²) in [6, 6.07) is 2.99. The van der Waals surface area contributed by atoms with Gasteiger partial charge in [0.05, 0.1) is 5.56 Å². The Morgan fingerprint density at radius 1 is 1.35 bits per heavy atom. The van der Waals surface area contributed by atoms with Crippen molar-refractivity contribution >= 4 is 10.3 Å². The van der Waals surface area contributed by atoms with Gasteiger partial charge < -0.3 is 5.11 Å². The molecule has 0 heterocycles. The van der Waals surface area contributed by atoms with Crippen molar-refractivity contribution in [3.63, 3.8) is 0 Å².